The Morgan fingerprint density at radius 2 is 1.03 bits per heavy atom. The minimum atomic E-state index is -1.32. The maximum absolute atomic E-state index is 13.0. The van der Waals surface area contributed by atoms with Gasteiger partial charge in [0.1, 0.15) is 11.5 Å². The number of carbonyl (C=O) groups excluding carboxylic acids is 2. The number of nitrogens with zero attached hydrogens (tertiary/aromatic N) is 6. The van der Waals surface area contributed by atoms with Gasteiger partial charge in [-0.2, -0.15) is 0 Å². The first kappa shape index (κ1) is 37.1. The second-order valence-corrected chi connectivity index (χ2v) is 18.6. The van der Waals surface area contributed by atoms with Gasteiger partial charge < -0.3 is 28.0 Å². The zero-order chi connectivity index (χ0) is 40.2. The maximum atomic E-state index is 13.0. The quantitative estimate of drug-likeness (QED) is 0.129. The van der Waals surface area contributed by atoms with Gasteiger partial charge in [-0.1, -0.05) is 36.0 Å². The number of hydrogen-bond donors (Lipinski definition) is 2. The molecule has 4 saturated carbocycles. The number of anilines is 2. The average molecular weight is 860 g/mol. The molecule has 4 unspecified atom stereocenters. The fourth-order valence-corrected chi connectivity index (χ4v) is 11.3. The Bertz CT molecular complexity index is 2210. The minimum absolute atomic E-state index is 0.218. The van der Waals surface area contributed by atoms with Crippen LogP contribution in [0.1, 0.15) is 86.1 Å². The number of carbonyl (C=O) groups is 2. The van der Waals surface area contributed by atoms with Crippen LogP contribution in [-0.2, 0) is 32.1 Å². The van der Waals surface area contributed by atoms with E-state index in [0.29, 0.717) is 120 Å². The molecule has 2 aromatic carbocycles. The van der Waals surface area contributed by atoms with Crippen LogP contribution in [0.4, 0.5) is 11.4 Å². The summed E-state index contributed by atoms with van der Waals surface area (Å²) in [5.74, 6) is 3.07. The molecule has 4 aliphatic heterocycles. The topological polar surface area (TPSA) is 179 Å². The number of rotatable bonds is 10. The van der Waals surface area contributed by atoms with Gasteiger partial charge in [0.25, 0.3) is 11.8 Å². The molecule has 0 spiro atoms. The van der Waals surface area contributed by atoms with Crippen molar-refractivity contribution in [2.75, 3.05) is 50.4 Å². The summed E-state index contributed by atoms with van der Waals surface area (Å²) >= 11 is 13.5. The number of aromatic nitrogens is 4. The van der Waals surface area contributed by atoms with E-state index in [-0.39, 0.29) is 33.3 Å². The van der Waals surface area contributed by atoms with Crippen LogP contribution in [0.15, 0.2) is 21.0 Å². The SMILES string of the molecule is O=C(ONc1c(Cl)cc(-c2nnc(C3C4CN(C5CCC5)CC43)o2)c2c1CCCO2)C(=O)ONc1c(Cl)cc(-c2nnc(C3C4CN(C5CCC5)CC43)o2)c2c1CCCO2. The van der Waals surface area contributed by atoms with Gasteiger partial charge in [-0.25, -0.2) is 20.5 Å². The number of nitrogens with one attached hydrogen (secondary N) is 2. The zero-order valence-corrected chi connectivity index (χ0v) is 34.3. The van der Waals surface area contributed by atoms with E-state index in [0.717, 1.165) is 38.3 Å². The zero-order valence-electron chi connectivity index (χ0n) is 32.8. The number of hydrogen-bond acceptors (Lipinski definition) is 16. The lowest BCUT2D eigenvalue weighted by Crippen LogP contribution is -2.40. The van der Waals surface area contributed by atoms with Crippen LogP contribution >= 0.6 is 23.2 Å². The summed E-state index contributed by atoms with van der Waals surface area (Å²) in [6, 6.07) is 4.76. The third-order valence-corrected chi connectivity index (χ3v) is 15.1. The van der Waals surface area contributed by atoms with Gasteiger partial charge in [0, 0.05) is 61.2 Å². The summed E-state index contributed by atoms with van der Waals surface area (Å²) < 4.78 is 24.7. The van der Waals surface area contributed by atoms with Crippen molar-refractivity contribution in [3.63, 3.8) is 0 Å². The van der Waals surface area contributed by atoms with Crippen molar-refractivity contribution in [1.29, 1.82) is 0 Å². The Hall–Kier alpha value is -4.64. The molecule has 0 radical (unpaired) electrons. The van der Waals surface area contributed by atoms with E-state index >= 15 is 0 Å². The van der Waals surface area contributed by atoms with E-state index in [1.165, 1.54) is 38.5 Å². The molecule has 60 heavy (non-hydrogen) atoms. The van der Waals surface area contributed by atoms with Crippen LogP contribution < -0.4 is 20.4 Å². The Balaban J connectivity index is 0.698. The van der Waals surface area contributed by atoms with Crippen LogP contribution in [0.5, 0.6) is 11.5 Å². The molecule has 4 aliphatic carbocycles. The lowest BCUT2D eigenvalue weighted by Gasteiger charge is -2.35. The highest BCUT2D eigenvalue weighted by molar-refractivity contribution is 6.35. The largest absolute Gasteiger partial charge is 0.492 e. The van der Waals surface area contributed by atoms with Crippen molar-refractivity contribution in [1.82, 2.24) is 30.2 Å². The molecule has 2 saturated heterocycles. The second kappa shape index (κ2) is 14.5. The van der Waals surface area contributed by atoms with Gasteiger partial charge in [0.15, 0.2) is 0 Å². The summed E-state index contributed by atoms with van der Waals surface area (Å²) in [6.45, 7) is 5.30. The molecule has 4 aromatic rings. The molecule has 4 atom stereocenters. The standard InChI is InChI=1S/C42H44Cl2N8O8/c43-29-13-23(37-45-47-39(57-37)31-25-15-51(16-26(25)31)19-5-1-6-19)35-21(9-3-11-55-35)33(29)49-59-41(53)42(54)60-50-34-22-10-4-12-56-36(22)24(14-30(34)44)38-46-48-40(58-38)32-27-17-52(18-28(27)32)20-7-2-8-20/h13-14,19-20,25-28,31-32,49-50H,1-12,15-18H2. The third kappa shape index (κ3) is 6.22. The number of ether oxygens (including phenoxy) is 2. The highest BCUT2D eigenvalue weighted by Gasteiger charge is 2.61. The molecular weight excluding hydrogens is 815 g/mol. The van der Waals surface area contributed by atoms with Crippen LogP contribution in [0.25, 0.3) is 22.9 Å². The fraction of sp³-hybridized carbons (Fsp3) is 0.571. The molecule has 16 nitrogen and oxygen atoms in total. The summed E-state index contributed by atoms with van der Waals surface area (Å²) in [5, 5.41) is 18.1. The molecule has 2 N–H and O–H groups in total. The summed E-state index contributed by atoms with van der Waals surface area (Å²) in [6.07, 6.45) is 10.4. The summed E-state index contributed by atoms with van der Waals surface area (Å²) in [5.41, 5.74) is 8.15. The van der Waals surface area contributed by atoms with Crippen molar-refractivity contribution in [3.8, 4) is 34.4 Å². The van der Waals surface area contributed by atoms with Gasteiger partial charge in [0.2, 0.25) is 11.8 Å². The molecular formula is C42H44Cl2N8O8. The van der Waals surface area contributed by atoms with Crippen LogP contribution in [-0.4, -0.2) is 93.6 Å². The van der Waals surface area contributed by atoms with Crippen LogP contribution in [0.3, 0.4) is 0 Å². The van der Waals surface area contributed by atoms with Gasteiger partial charge in [-0.05, 0) is 87.2 Å². The molecule has 8 aliphatic rings. The van der Waals surface area contributed by atoms with E-state index in [1.54, 1.807) is 12.1 Å². The molecule has 314 valence electrons. The highest BCUT2D eigenvalue weighted by Crippen LogP contribution is 2.60. The lowest BCUT2D eigenvalue weighted by molar-refractivity contribution is -0.164. The Morgan fingerprint density at radius 3 is 1.42 bits per heavy atom. The molecule has 0 amide bonds. The lowest BCUT2D eigenvalue weighted by atomic mass is 9.91. The predicted molar refractivity (Wildman–Crippen MR) is 214 cm³/mol. The highest BCUT2D eigenvalue weighted by atomic mass is 35.5. The van der Waals surface area contributed by atoms with Crippen LogP contribution in [0, 0.1) is 23.7 Å². The molecule has 6 heterocycles. The average Bonchev–Trinajstić information content (AvgIpc) is 3.65. The smallest absolute Gasteiger partial charge is 0.443 e. The van der Waals surface area contributed by atoms with E-state index < -0.39 is 11.9 Å². The van der Waals surface area contributed by atoms with E-state index in [2.05, 4.69) is 41.2 Å². The Labute approximate surface area is 354 Å². The van der Waals surface area contributed by atoms with Crippen LogP contribution in [0.2, 0.25) is 10.0 Å². The Kier molecular flexibility index (Phi) is 8.97. The van der Waals surface area contributed by atoms with Crippen molar-refractivity contribution in [2.24, 2.45) is 23.7 Å². The first-order valence-corrected chi connectivity index (χ1v) is 22.2. The first-order chi connectivity index (χ1) is 29.4. The van der Waals surface area contributed by atoms with E-state index in [1.807, 2.05) is 0 Å². The predicted octanol–water partition coefficient (Wildman–Crippen LogP) is 6.58. The second-order valence-electron chi connectivity index (χ2n) is 17.7. The number of benzene rings is 2. The van der Waals surface area contributed by atoms with Gasteiger partial charge in [0.05, 0.1) is 45.8 Å². The summed E-state index contributed by atoms with van der Waals surface area (Å²) in [4.78, 5) is 41.6. The van der Waals surface area contributed by atoms with Gasteiger partial charge in [-0.3, -0.25) is 9.80 Å². The molecule has 2 aromatic heterocycles. The number of fused-ring (bicyclic) bond motifs is 4. The van der Waals surface area contributed by atoms with Crippen molar-refractivity contribution >= 4 is 46.5 Å². The van der Waals surface area contributed by atoms with E-state index in [9.17, 15) is 9.59 Å². The van der Waals surface area contributed by atoms with Crippen molar-refractivity contribution in [3.05, 3.63) is 45.1 Å². The normalized spacial score (nSPS) is 27.9. The molecule has 12 rings (SSSR count). The summed E-state index contributed by atoms with van der Waals surface area (Å²) in [7, 11) is 0. The minimum Gasteiger partial charge on any atom is -0.492 e. The number of likely N-dealkylation sites (tertiary alicyclic amines) is 2. The Morgan fingerprint density at radius 1 is 0.617 bits per heavy atom. The molecule has 6 fully saturated rings. The number of piperidine rings is 2. The molecule has 18 heteroatoms. The first-order valence-electron chi connectivity index (χ1n) is 21.4. The third-order valence-electron chi connectivity index (χ3n) is 14.5. The van der Waals surface area contributed by atoms with Crippen molar-refractivity contribution < 1.29 is 37.6 Å². The van der Waals surface area contributed by atoms with Crippen molar-refractivity contribution in [2.45, 2.75) is 88.1 Å². The molecule has 0 bridgehead atoms. The number of halogens is 2. The van der Waals surface area contributed by atoms with E-state index in [4.69, 9.17) is 51.2 Å². The van der Waals surface area contributed by atoms with Gasteiger partial charge in [-0.15, -0.1) is 20.4 Å². The monoisotopic (exact) mass is 858 g/mol. The fourth-order valence-electron chi connectivity index (χ4n) is 10.7. The van der Waals surface area contributed by atoms with Gasteiger partial charge >= 0.3 is 11.9 Å². The maximum Gasteiger partial charge on any atom is 0.443 e.